The van der Waals surface area contributed by atoms with E-state index in [1.807, 2.05) is 48.5 Å². The van der Waals surface area contributed by atoms with Gasteiger partial charge in [-0.05, 0) is 76.1 Å². The van der Waals surface area contributed by atoms with Gasteiger partial charge < -0.3 is 10.6 Å². The van der Waals surface area contributed by atoms with Gasteiger partial charge in [0.05, 0.1) is 22.4 Å². The van der Waals surface area contributed by atoms with Gasteiger partial charge in [-0.25, -0.2) is 0 Å². The van der Waals surface area contributed by atoms with Crippen molar-refractivity contribution in [3.8, 4) is 11.1 Å². The Balaban J connectivity index is 1.59. The summed E-state index contributed by atoms with van der Waals surface area (Å²) in [4.78, 5) is 26.4. The molecule has 46 heavy (non-hydrogen) atoms. The average molecular weight is 680 g/mol. The molecular formula is C36H36Cl2N2O5S. The third kappa shape index (κ3) is 10.6. The molecule has 1 atom stereocenters. The lowest BCUT2D eigenvalue weighted by molar-refractivity contribution is -0.117. The third-order valence-electron chi connectivity index (χ3n) is 7.13. The van der Waals surface area contributed by atoms with Crippen LogP contribution in [0.2, 0.25) is 10.0 Å². The summed E-state index contributed by atoms with van der Waals surface area (Å²) >= 11 is 12.6. The molecule has 4 rings (SSSR count). The Morgan fingerprint density at radius 2 is 1.50 bits per heavy atom. The van der Waals surface area contributed by atoms with Crippen LogP contribution in [0.15, 0.2) is 97.1 Å². The van der Waals surface area contributed by atoms with Crippen LogP contribution in [-0.2, 0) is 21.3 Å². The molecule has 0 saturated carbocycles. The van der Waals surface area contributed by atoms with E-state index >= 15 is 0 Å². The highest BCUT2D eigenvalue weighted by Crippen LogP contribution is 2.32. The van der Waals surface area contributed by atoms with Gasteiger partial charge in [-0.1, -0.05) is 111 Å². The number of allylic oxidation sites excluding steroid dienone is 1. The quantitative estimate of drug-likeness (QED) is 0.138. The fourth-order valence-corrected chi connectivity index (χ4v) is 5.28. The molecule has 4 aromatic rings. The topological polar surface area (TPSA) is 113 Å². The fraction of sp³-hybridized carbons (Fsp3) is 0.222. The van der Waals surface area contributed by atoms with Crippen molar-refractivity contribution in [2.45, 2.75) is 33.1 Å². The first-order valence-corrected chi connectivity index (χ1v) is 17.0. The van der Waals surface area contributed by atoms with E-state index in [4.69, 9.17) is 27.8 Å². The summed E-state index contributed by atoms with van der Waals surface area (Å²) in [5.74, 6) is -1.89. The van der Waals surface area contributed by atoms with Crippen molar-refractivity contribution in [2.24, 2.45) is 5.41 Å². The van der Waals surface area contributed by atoms with Crippen LogP contribution in [0.3, 0.4) is 0 Å². The number of halogens is 2. The molecule has 0 aliphatic heterocycles. The van der Waals surface area contributed by atoms with Gasteiger partial charge in [-0.15, -0.1) is 0 Å². The Labute approximate surface area is 280 Å². The van der Waals surface area contributed by atoms with Crippen molar-refractivity contribution in [2.75, 3.05) is 17.6 Å². The van der Waals surface area contributed by atoms with Crippen LogP contribution in [0.4, 0.5) is 5.69 Å². The molecule has 0 aromatic heterocycles. The highest BCUT2D eigenvalue weighted by atomic mass is 35.5. The number of nitrogens with one attached hydrogen (secondary N) is 2. The van der Waals surface area contributed by atoms with Gasteiger partial charge >= 0.3 is 0 Å². The highest BCUT2D eigenvalue weighted by molar-refractivity contribution is 7.85. The van der Waals surface area contributed by atoms with Gasteiger partial charge in [0.2, 0.25) is 5.91 Å². The van der Waals surface area contributed by atoms with Crippen LogP contribution < -0.4 is 10.6 Å². The maximum absolute atomic E-state index is 13.9. The minimum absolute atomic E-state index is 0.0283. The monoisotopic (exact) mass is 678 g/mol. The molecule has 0 aliphatic carbocycles. The molecule has 0 radical (unpaired) electrons. The van der Waals surface area contributed by atoms with E-state index in [0.29, 0.717) is 27.7 Å². The molecule has 0 heterocycles. The van der Waals surface area contributed by atoms with Crippen LogP contribution in [0.1, 0.15) is 53.7 Å². The van der Waals surface area contributed by atoms with Gasteiger partial charge in [-0.3, -0.25) is 14.1 Å². The Morgan fingerprint density at radius 1 is 0.870 bits per heavy atom. The molecule has 3 N–H and O–H groups in total. The minimum Gasteiger partial charge on any atom is -0.351 e. The highest BCUT2D eigenvalue weighted by Gasteiger charge is 2.23. The zero-order chi connectivity index (χ0) is 33.5. The van der Waals surface area contributed by atoms with Gasteiger partial charge in [0, 0.05) is 17.1 Å². The molecule has 4 aromatic carbocycles. The molecule has 10 heteroatoms. The predicted octanol–water partition coefficient (Wildman–Crippen LogP) is 8.30. The van der Waals surface area contributed by atoms with Crippen LogP contribution in [0, 0.1) is 5.41 Å². The van der Waals surface area contributed by atoms with E-state index in [-0.39, 0.29) is 17.9 Å². The van der Waals surface area contributed by atoms with E-state index in [9.17, 15) is 18.0 Å². The Hall–Kier alpha value is -3.95. The number of amides is 2. The summed E-state index contributed by atoms with van der Waals surface area (Å²) in [7, 11) is -4.18. The van der Waals surface area contributed by atoms with Gasteiger partial charge in [0.1, 0.15) is 0 Å². The molecule has 240 valence electrons. The summed E-state index contributed by atoms with van der Waals surface area (Å²) in [6.07, 6.45) is 4.52. The normalized spacial score (nSPS) is 12.6. The van der Waals surface area contributed by atoms with E-state index < -0.39 is 27.7 Å². The number of rotatable bonds is 11. The molecule has 0 bridgehead atoms. The zero-order valence-corrected chi connectivity index (χ0v) is 28.1. The molecule has 0 spiro atoms. The van der Waals surface area contributed by atoms with Crippen molar-refractivity contribution in [1.29, 1.82) is 0 Å². The lowest BCUT2D eigenvalue weighted by Crippen LogP contribution is -2.28. The Morgan fingerprint density at radius 3 is 2.11 bits per heavy atom. The molecule has 7 nitrogen and oxygen atoms in total. The van der Waals surface area contributed by atoms with Gasteiger partial charge in [-0.2, -0.15) is 8.42 Å². The van der Waals surface area contributed by atoms with Crippen molar-refractivity contribution < 1.29 is 22.6 Å². The second-order valence-electron chi connectivity index (χ2n) is 12.1. The summed E-state index contributed by atoms with van der Waals surface area (Å²) in [5.41, 5.74) is 5.25. The van der Waals surface area contributed by atoms with Crippen LogP contribution >= 0.6 is 23.2 Å². The van der Waals surface area contributed by atoms with Crippen LogP contribution in [0.5, 0.6) is 0 Å². The third-order valence-corrected chi connectivity index (χ3v) is 8.44. The lowest BCUT2D eigenvalue weighted by Gasteiger charge is -2.19. The van der Waals surface area contributed by atoms with Crippen molar-refractivity contribution >= 4 is 56.9 Å². The lowest BCUT2D eigenvalue weighted by atomic mass is 9.89. The smallest absolute Gasteiger partial charge is 0.266 e. The SMILES string of the molecule is CC(C)(C)C=Cc1ccc(C(Cc2ccc(C(=O)NCCS(=O)(=O)O)cc2)C(=O)Nc2cc(-c3ccc(Cl)cc3)ccc2Cl)cc1. The largest absolute Gasteiger partial charge is 0.351 e. The van der Waals surface area contributed by atoms with Crippen molar-refractivity contribution in [3.63, 3.8) is 0 Å². The number of carbonyl (C=O) groups is 2. The van der Waals surface area contributed by atoms with Crippen molar-refractivity contribution in [1.82, 2.24) is 5.32 Å². The molecule has 2 amide bonds. The van der Waals surface area contributed by atoms with Crippen LogP contribution in [0.25, 0.3) is 17.2 Å². The first-order chi connectivity index (χ1) is 21.7. The van der Waals surface area contributed by atoms with E-state index in [1.54, 1.807) is 42.5 Å². The maximum Gasteiger partial charge on any atom is 0.266 e. The number of carbonyl (C=O) groups excluding carboxylic acids is 2. The zero-order valence-electron chi connectivity index (χ0n) is 25.8. The molecule has 0 saturated heterocycles. The predicted molar refractivity (Wildman–Crippen MR) is 187 cm³/mol. The second-order valence-corrected chi connectivity index (χ2v) is 14.5. The summed E-state index contributed by atoms with van der Waals surface area (Å²) in [6, 6.07) is 27.4. The number of hydrogen-bond donors (Lipinski definition) is 3. The van der Waals surface area contributed by atoms with Gasteiger partial charge in [0.15, 0.2) is 0 Å². The van der Waals surface area contributed by atoms with Crippen LogP contribution in [-0.4, -0.2) is 37.1 Å². The fourth-order valence-electron chi connectivity index (χ4n) is 4.63. The number of anilines is 1. The molecule has 0 aliphatic rings. The second kappa shape index (κ2) is 15.1. The number of hydrogen-bond acceptors (Lipinski definition) is 4. The van der Waals surface area contributed by atoms with E-state index in [1.165, 1.54) is 0 Å². The summed E-state index contributed by atoms with van der Waals surface area (Å²) in [5, 5.41) is 6.52. The van der Waals surface area contributed by atoms with Crippen molar-refractivity contribution in [3.05, 3.63) is 129 Å². The maximum atomic E-state index is 13.9. The minimum atomic E-state index is -4.18. The Bertz CT molecular complexity index is 1810. The molecule has 1 unspecified atom stereocenters. The first-order valence-electron chi connectivity index (χ1n) is 14.6. The first kappa shape index (κ1) is 34.9. The summed E-state index contributed by atoms with van der Waals surface area (Å²) < 4.78 is 30.8. The molecule has 0 fully saturated rings. The van der Waals surface area contributed by atoms with E-state index in [0.717, 1.165) is 27.8 Å². The number of benzene rings is 4. The van der Waals surface area contributed by atoms with E-state index in [2.05, 4.69) is 43.6 Å². The standard InChI is InChI=1S/C36H36Cl2N2O5S/c1-36(2,3)19-18-24-4-8-27(9-5-24)31(22-25-6-10-28(11-7-25)34(41)39-20-21-46(43,44)45)35(42)40-33-23-29(14-17-32(33)38)26-12-15-30(37)16-13-26/h4-19,23,31H,20-22H2,1-3H3,(H,39,41)(H,40,42)(H,43,44,45). The summed E-state index contributed by atoms with van der Waals surface area (Å²) in [6.45, 7) is 6.16. The Kier molecular flexibility index (Phi) is 11.5. The average Bonchev–Trinajstić information content (AvgIpc) is 3.00. The van der Waals surface area contributed by atoms with Gasteiger partial charge in [0.25, 0.3) is 16.0 Å². The molecular weight excluding hydrogens is 643 g/mol.